The zero-order valence-corrected chi connectivity index (χ0v) is 30.0. The van der Waals surface area contributed by atoms with Crippen LogP contribution in [0.3, 0.4) is 0 Å². The van der Waals surface area contributed by atoms with Crippen molar-refractivity contribution in [2.24, 2.45) is 0 Å². The maximum Gasteiger partial charge on any atom is 0.0167 e. The third-order valence-corrected chi connectivity index (χ3v) is 10.8. The summed E-state index contributed by atoms with van der Waals surface area (Å²) in [6.45, 7) is 0. The maximum atomic E-state index is 4.95. The number of hydrogen-bond acceptors (Lipinski definition) is 2. The Morgan fingerprint density at radius 3 is 2.20 bits per heavy atom. The Labute approximate surface area is 303 Å². The Hall–Kier alpha value is -4.43. The number of aryl methyl sites for hydroxylation is 4. The smallest absolute Gasteiger partial charge is 0.0167 e. The number of fused-ring (bicyclic) bond motifs is 3. The summed E-state index contributed by atoms with van der Waals surface area (Å²) < 4.78 is 0. The number of nitrogens with zero attached hydrogens (tertiary/aromatic N) is 2. The molecule has 1 radical (unpaired) electrons. The van der Waals surface area contributed by atoms with Crippen LogP contribution >= 0.6 is 0 Å². The second-order valence-corrected chi connectivity index (χ2v) is 13.6. The molecular weight excluding hydrogens is 773 g/mol. The average molecular weight is 811 g/mol. The molecule has 0 bridgehead atoms. The fourth-order valence-electron chi connectivity index (χ4n) is 8.43. The molecule has 3 heteroatoms. The predicted octanol–water partition coefficient (Wildman–Crippen LogP) is 11.3. The van der Waals surface area contributed by atoms with Crippen molar-refractivity contribution in [1.29, 1.82) is 0 Å². The molecule has 0 aliphatic heterocycles. The van der Waals surface area contributed by atoms with Gasteiger partial charge in [0.15, 0.2) is 0 Å². The van der Waals surface area contributed by atoms with Gasteiger partial charge in [0.25, 0.3) is 0 Å². The van der Waals surface area contributed by atoms with Gasteiger partial charge in [-0.05, 0) is 106 Å². The van der Waals surface area contributed by atoms with E-state index in [2.05, 4.69) is 77.8 Å². The van der Waals surface area contributed by atoms with Gasteiger partial charge in [0.05, 0.1) is 0 Å². The molecule has 7 aromatic rings. The summed E-state index contributed by atoms with van der Waals surface area (Å²) in [5.74, 6) is 0.717. The molecule has 0 atom stereocenters. The van der Waals surface area contributed by atoms with Gasteiger partial charge < -0.3 is 9.97 Å². The van der Waals surface area contributed by atoms with Crippen LogP contribution in [0.4, 0.5) is 0 Å². The van der Waals surface area contributed by atoms with Gasteiger partial charge in [-0.3, -0.25) is 0 Å². The molecule has 0 amide bonds. The summed E-state index contributed by atoms with van der Waals surface area (Å²) >= 11 is 0. The first kappa shape index (κ1) is 31.8. The standard InChI is InChI=1S/C35H30N.C11H8N.Ir/c1-2-5-22(6-3-1)26-12-9-23-15-16-31-30(32(23)21-26)17-18-36-35(31)29-19-27-13-10-24-7-4-8-25-11-14-28(20-29)34(27)33(24)25;1-2-6-10(7-3-1)11-8-4-5-9-12-11;/h4,7-9,12,15-19,21-22H,1-3,5-6,10-11,13-14H2;1-6,8-9H;/q2*-1;. The van der Waals surface area contributed by atoms with Crippen LogP contribution in [-0.2, 0) is 45.8 Å². The molecular formula is C46H38IrN2-2. The van der Waals surface area contributed by atoms with E-state index in [1.807, 2.05) is 48.7 Å². The minimum Gasteiger partial charge on any atom is -0.305 e. The van der Waals surface area contributed by atoms with Crippen LogP contribution < -0.4 is 0 Å². The predicted molar refractivity (Wildman–Crippen MR) is 198 cm³/mol. The molecule has 0 N–H and O–H groups in total. The molecule has 0 saturated heterocycles. The average Bonchev–Trinajstić information content (AvgIpc) is 3.17. The van der Waals surface area contributed by atoms with Crippen molar-refractivity contribution >= 4 is 21.5 Å². The van der Waals surface area contributed by atoms with Crippen LogP contribution in [0, 0.1) is 12.1 Å². The molecule has 2 aromatic heterocycles. The van der Waals surface area contributed by atoms with Crippen molar-refractivity contribution in [3.63, 3.8) is 0 Å². The molecule has 49 heavy (non-hydrogen) atoms. The SMILES string of the molecule is [Ir].[c-]1c(-c2nccc3c2ccc2ccc(C4CCCCC4)cc23)cc2c3c1CCc1cccc(c1-3)CC2.[c-]1ccccc1-c1ccccn1. The van der Waals surface area contributed by atoms with Crippen molar-refractivity contribution in [3.8, 4) is 33.6 Å². The number of aromatic nitrogens is 2. The van der Waals surface area contributed by atoms with E-state index in [4.69, 9.17) is 4.98 Å². The third-order valence-electron chi connectivity index (χ3n) is 10.8. The van der Waals surface area contributed by atoms with Crippen LogP contribution in [0.5, 0.6) is 0 Å². The molecule has 0 spiro atoms. The molecule has 243 valence electrons. The first-order valence-corrected chi connectivity index (χ1v) is 17.7. The monoisotopic (exact) mass is 811 g/mol. The van der Waals surface area contributed by atoms with Crippen molar-refractivity contribution in [1.82, 2.24) is 9.97 Å². The summed E-state index contributed by atoms with van der Waals surface area (Å²) in [6, 6.07) is 44.0. The van der Waals surface area contributed by atoms with Crippen molar-refractivity contribution in [2.75, 3.05) is 0 Å². The van der Waals surface area contributed by atoms with Gasteiger partial charge >= 0.3 is 0 Å². The van der Waals surface area contributed by atoms with Crippen molar-refractivity contribution in [2.45, 2.75) is 63.7 Å². The summed E-state index contributed by atoms with van der Waals surface area (Å²) in [5.41, 5.74) is 14.7. The van der Waals surface area contributed by atoms with Crippen LogP contribution in [0.25, 0.3) is 55.2 Å². The van der Waals surface area contributed by atoms with E-state index in [0.29, 0.717) is 0 Å². The van der Waals surface area contributed by atoms with E-state index in [1.165, 1.54) is 98.2 Å². The fourth-order valence-corrected chi connectivity index (χ4v) is 8.43. The molecule has 3 aliphatic carbocycles. The largest absolute Gasteiger partial charge is 0.305 e. The van der Waals surface area contributed by atoms with Crippen LogP contribution in [-0.4, -0.2) is 9.97 Å². The first-order valence-electron chi connectivity index (χ1n) is 17.7. The van der Waals surface area contributed by atoms with Crippen LogP contribution in [0.1, 0.15) is 65.8 Å². The number of pyridine rings is 2. The quantitative estimate of drug-likeness (QED) is 0.131. The molecule has 1 fully saturated rings. The van der Waals surface area contributed by atoms with Crippen molar-refractivity contribution in [3.05, 3.63) is 155 Å². The molecule has 10 rings (SSSR count). The minimum absolute atomic E-state index is 0. The number of hydrogen-bond donors (Lipinski definition) is 0. The molecule has 5 aromatic carbocycles. The Bertz CT molecular complexity index is 2180. The van der Waals surface area contributed by atoms with Crippen LogP contribution in [0.2, 0.25) is 0 Å². The van der Waals surface area contributed by atoms with E-state index in [-0.39, 0.29) is 20.1 Å². The second-order valence-electron chi connectivity index (χ2n) is 13.6. The summed E-state index contributed by atoms with van der Waals surface area (Å²) in [6.07, 6.45) is 15.0. The summed E-state index contributed by atoms with van der Waals surface area (Å²) in [4.78, 5) is 9.17. The van der Waals surface area contributed by atoms with Gasteiger partial charge in [0, 0.05) is 32.5 Å². The third kappa shape index (κ3) is 6.05. The molecule has 3 aliphatic rings. The molecule has 2 heterocycles. The van der Waals surface area contributed by atoms with E-state index < -0.39 is 0 Å². The molecule has 0 unspecified atom stereocenters. The maximum absolute atomic E-state index is 4.95. The normalized spacial score (nSPS) is 14.8. The Morgan fingerprint density at radius 1 is 0.571 bits per heavy atom. The van der Waals surface area contributed by atoms with Gasteiger partial charge in [-0.1, -0.05) is 91.1 Å². The van der Waals surface area contributed by atoms with Gasteiger partial charge in [-0.15, -0.1) is 64.7 Å². The van der Waals surface area contributed by atoms with E-state index in [1.54, 1.807) is 6.20 Å². The Balaban J connectivity index is 0.000000228. The fraction of sp³-hybridized carbons (Fsp3) is 0.217. The van der Waals surface area contributed by atoms with E-state index in [0.717, 1.165) is 48.6 Å². The van der Waals surface area contributed by atoms with Gasteiger partial charge in [-0.2, -0.15) is 0 Å². The first-order chi connectivity index (χ1) is 23.8. The zero-order chi connectivity index (χ0) is 31.9. The van der Waals surface area contributed by atoms with Gasteiger partial charge in [0.2, 0.25) is 0 Å². The van der Waals surface area contributed by atoms with Gasteiger partial charge in [0.1, 0.15) is 0 Å². The number of benzene rings is 5. The Morgan fingerprint density at radius 2 is 1.39 bits per heavy atom. The van der Waals surface area contributed by atoms with Gasteiger partial charge in [-0.25, -0.2) is 0 Å². The second kappa shape index (κ2) is 13.8. The Kier molecular flexibility index (Phi) is 8.98. The van der Waals surface area contributed by atoms with Crippen LogP contribution in [0.15, 0.2) is 116 Å². The molecule has 1 saturated carbocycles. The van der Waals surface area contributed by atoms with E-state index in [9.17, 15) is 0 Å². The molecule has 2 nitrogen and oxygen atoms in total. The zero-order valence-electron chi connectivity index (χ0n) is 27.6. The summed E-state index contributed by atoms with van der Waals surface area (Å²) in [7, 11) is 0. The summed E-state index contributed by atoms with van der Waals surface area (Å²) in [5, 5.41) is 5.27. The minimum atomic E-state index is 0. The van der Waals surface area contributed by atoms with E-state index >= 15 is 0 Å². The number of rotatable bonds is 3. The van der Waals surface area contributed by atoms with Crippen molar-refractivity contribution < 1.29 is 20.1 Å². The topological polar surface area (TPSA) is 25.8 Å².